The first-order valence-corrected chi connectivity index (χ1v) is 8.59. The minimum Gasteiger partial charge on any atom is -0.360 e. The third-order valence-corrected chi connectivity index (χ3v) is 4.56. The Morgan fingerprint density at radius 1 is 1.20 bits per heavy atom. The van der Waals surface area contributed by atoms with Crippen LogP contribution in [0.25, 0.3) is 10.2 Å². The van der Waals surface area contributed by atoms with Crippen LogP contribution in [0.15, 0.2) is 41.5 Å². The number of aromatic nitrogens is 3. The van der Waals surface area contributed by atoms with Gasteiger partial charge in [0.2, 0.25) is 0 Å². The first-order valence-electron chi connectivity index (χ1n) is 7.77. The maximum absolute atomic E-state index is 4.55. The van der Waals surface area contributed by atoms with Gasteiger partial charge in [0.25, 0.3) is 0 Å². The standard InChI is InChI=1S/C16H21N7S.HI/c1-17-15(20-11-12-7-8-21-23(12)2)18-9-10-19-16-22-13-5-3-4-6-14(13)24-16;/h3-8H,9-11H2,1-2H3,(H,19,22)(H2,17,18,20);1H. The highest BCUT2D eigenvalue weighted by Crippen LogP contribution is 2.24. The summed E-state index contributed by atoms with van der Waals surface area (Å²) in [7, 11) is 3.69. The van der Waals surface area contributed by atoms with Crippen LogP contribution >= 0.6 is 35.3 Å². The van der Waals surface area contributed by atoms with Crippen molar-refractivity contribution in [2.45, 2.75) is 6.54 Å². The van der Waals surface area contributed by atoms with E-state index in [0.717, 1.165) is 35.4 Å². The van der Waals surface area contributed by atoms with Crippen LogP contribution < -0.4 is 16.0 Å². The molecule has 7 nitrogen and oxygen atoms in total. The van der Waals surface area contributed by atoms with E-state index in [-0.39, 0.29) is 24.0 Å². The highest BCUT2D eigenvalue weighted by Gasteiger charge is 2.03. The Kier molecular flexibility index (Phi) is 7.44. The van der Waals surface area contributed by atoms with E-state index in [9.17, 15) is 0 Å². The number of halogens is 1. The van der Waals surface area contributed by atoms with Crippen LogP contribution in [-0.2, 0) is 13.6 Å². The van der Waals surface area contributed by atoms with Gasteiger partial charge < -0.3 is 16.0 Å². The van der Waals surface area contributed by atoms with Crippen molar-refractivity contribution in [1.82, 2.24) is 25.4 Å². The zero-order valence-corrected chi connectivity index (χ0v) is 17.3. The molecule has 3 aromatic rings. The van der Waals surface area contributed by atoms with E-state index >= 15 is 0 Å². The summed E-state index contributed by atoms with van der Waals surface area (Å²) in [5.74, 6) is 0.766. The van der Waals surface area contributed by atoms with Gasteiger partial charge in [0.15, 0.2) is 11.1 Å². The molecular weight excluding hydrogens is 449 g/mol. The molecule has 3 rings (SSSR count). The van der Waals surface area contributed by atoms with E-state index in [1.807, 2.05) is 36.0 Å². The van der Waals surface area contributed by atoms with Crippen LogP contribution in [0.5, 0.6) is 0 Å². The molecule has 0 bridgehead atoms. The number of guanidine groups is 1. The van der Waals surface area contributed by atoms with E-state index < -0.39 is 0 Å². The van der Waals surface area contributed by atoms with Crippen molar-refractivity contribution in [3.63, 3.8) is 0 Å². The van der Waals surface area contributed by atoms with Crippen molar-refractivity contribution in [3.05, 3.63) is 42.2 Å². The molecule has 25 heavy (non-hydrogen) atoms. The number of hydrogen-bond donors (Lipinski definition) is 3. The molecular formula is C16H22IN7S. The molecule has 9 heteroatoms. The Bertz CT molecular complexity index is 794. The van der Waals surface area contributed by atoms with Gasteiger partial charge in [-0.15, -0.1) is 24.0 Å². The fraction of sp³-hybridized carbons (Fsp3) is 0.312. The highest BCUT2D eigenvalue weighted by molar-refractivity contribution is 14.0. The number of nitrogens with zero attached hydrogens (tertiary/aromatic N) is 4. The monoisotopic (exact) mass is 471 g/mol. The molecule has 0 fully saturated rings. The molecule has 0 amide bonds. The molecule has 1 aromatic carbocycles. The summed E-state index contributed by atoms with van der Waals surface area (Å²) in [6, 6.07) is 10.1. The molecule has 0 aliphatic rings. The van der Waals surface area contributed by atoms with Crippen LogP contribution in [0.3, 0.4) is 0 Å². The molecule has 0 atom stereocenters. The molecule has 2 heterocycles. The molecule has 2 aromatic heterocycles. The summed E-state index contributed by atoms with van der Waals surface area (Å²) >= 11 is 1.67. The summed E-state index contributed by atoms with van der Waals surface area (Å²) in [4.78, 5) is 8.77. The van der Waals surface area contributed by atoms with Gasteiger partial charge in [-0.2, -0.15) is 5.10 Å². The Hall–Kier alpha value is -1.88. The smallest absolute Gasteiger partial charge is 0.191 e. The van der Waals surface area contributed by atoms with E-state index in [0.29, 0.717) is 6.54 Å². The number of rotatable bonds is 6. The van der Waals surface area contributed by atoms with E-state index in [1.54, 1.807) is 24.6 Å². The van der Waals surface area contributed by atoms with Crippen molar-refractivity contribution in [1.29, 1.82) is 0 Å². The molecule has 0 saturated heterocycles. The maximum Gasteiger partial charge on any atom is 0.191 e. The third kappa shape index (κ3) is 5.30. The number of anilines is 1. The Morgan fingerprint density at radius 3 is 2.76 bits per heavy atom. The van der Waals surface area contributed by atoms with Crippen molar-refractivity contribution >= 4 is 56.6 Å². The second-order valence-corrected chi connectivity index (χ2v) is 6.24. The summed E-state index contributed by atoms with van der Waals surface area (Å²) < 4.78 is 3.04. The number of fused-ring (bicyclic) bond motifs is 1. The van der Waals surface area contributed by atoms with Crippen LogP contribution in [0.1, 0.15) is 5.69 Å². The van der Waals surface area contributed by atoms with Crippen molar-refractivity contribution in [2.75, 3.05) is 25.5 Å². The minimum absolute atomic E-state index is 0. The van der Waals surface area contributed by atoms with Crippen LogP contribution in [0.4, 0.5) is 5.13 Å². The zero-order chi connectivity index (χ0) is 16.8. The first-order chi connectivity index (χ1) is 11.8. The number of thiazole rings is 1. The lowest BCUT2D eigenvalue weighted by Gasteiger charge is -2.12. The summed E-state index contributed by atoms with van der Waals surface area (Å²) in [6.07, 6.45) is 1.79. The summed E-state index contributed by atoms with van der Waals surface area (Å²) in [6.45, 7) is 2.20. The minimum atomic E-state index is 0. The first kappa shape index (κ1) is 19.4. The second-order valence-electron chi connectivity index (χ2n) is 5.21. The molecule has 0 aliphatic carbocycles. The van der Waals surface area contributed by atoms with Crippen LogP contribution in [0.2, 0.25) is 0 Å². The average Bonchev–Trinajstić information content (AvgIpc) is 3.19. The van der Waals surface area contributed by atoms with Gasteiger partial charge in [-0.05, 0) is 18.2 Å². The second kappa shape index (κ2) is 9.56. The lowest BCUT2D eigenvalue weighted by atomic mass is 10.3. The molecule has 0 radical (unpaired) electrons. The number of benzene rings is 1. The molecule has 0 saturated carbocycles. The average molecular weight is 471 g/mol. The van der Waals surface area contributed by atoms with Crippen molar-refractivity contribution in [3.8, 4) is 0 Å². The maximum atomic E-state index is 4.55. The SMILES string of the molecule is CN=C(NCCNc1nc2ccccc2s1)NCc1ccnn1C.I. The van der Waals surface area contributed by atoms with Gasteiger partial charge in [-0.1, -0.05) is 23.5 Å². The molecule has 134 valence electrons. The van der Waals surface area contributed by atoms with E-state index in [4.69, 9.17) is 0 Å². The largest absolute Gasteiger partial charge is 0.360 e. The third-order valence-electron chi connectivity index (χ3n) is 3.57. The Balaban J connectivity index is 0.00000225. The molecule has 0 aliphatic heterocycles. The quantitative estimate of drug-likeness (QED) is 0.223. The summed E-state index contributed by atoms with van der Waals surface area (Å²) in [5.41, 5.74) is 2.14. The Labute approximate surface area is 168 Å². The lowest BCUT2D eigenvalue weighted by molar-refractivity contribution is 0.685. The van der Waals surface area contributed by atoms with Crippen molar-refractivity contribution < 1.29 is 0 Å². The van der Waals surface area contributed by atoms with Gasteiger partial charge in [0.05, 0.1) is 22.5 Å². The van der Waals surface area contributed by atoms with Gasteiger partial charge >= 0.3 is 0 Å². The van der Waals surface area contributed by atoms with Crippen LogP contribution in [0, 0.1) is 0 Å². The van der Waals surface area contributed by atoms with Gasteiger partial charge in [-0.25, -0.2) is 4.98 Å². The predicted octanol–water partition coefficient (Wildman–Crippen LogP) is 2.42. The van der Waals surface area contributed by atoms with Crippen LogP contribution in [-0.4, -0.2) is 40.9 Å². The molecule has 0 spiro atoms. The fourth-order valence-corrected chi connectivity index (χ4v) is 3.16. The van der Waals surface area contributed by atoms with Gasteiger partial charge in [0, 0.05) is 33.4 Å². The molecule has 0 unspecified atom stereocenters. The zero-order valence-electron chi connectivity index (χ0n) is 14.2. The fourth-order valence-electron chi connectivity index (χ4n) is 2.27. The van der Waals surface area contributed by atoms with Crippen molar-refractivity contribution in [2.24, 2.45) is 12.0 Å². The number of hydrogen-bond acceptors (Lipinski definition) is 5. The number of nitrogens with one attached hydrogen (secondary N) is 3. The Morgan fingerprint density at radius 2 is 2.04 bits per heavy atom. The number of para-hydroxylation sites is 1. The number of aryl methyl sites for hydroxylation is 1. The normalized spacial score (nSPS) is 11.2. The topological polar surface area (TPSA) is 79.2 Å². The van der Waals surface area contributed by atoms with E-state index in [2.05, 4.69) is 37.1 Å². The highest BCUT2D eigenvalue weighted by atomic mass is 127. The van der Waals surface area contributed by atoms with Gasteiger partial charge in [0.1, 0.15) is 0 Å². The van der Waals surface area contributed by atoms with E-state index in [1.165, 1.54) is 4.70 Å². The molecule has 3 N–H and O–H groups in total. The number of aliphatic imine (C=N–C) groups is 1. The lowest BCUT2D eigenvalue weighted by Crippen LogP contribution is -2.39. The predicted molar refractivity (Wildman–Crippen MR) is 115 cm³/mol. The summed E-state index contributed by atoms with van der Waals surface area (Å²) in [5, 5.41) is 15.0. The van der Waals surface area contributed by atoms with Gasteiger partial charge in [-0.3, -0.25) is 9.67 Å².